The molecule has 0 aromatic rings. The van der Waals surface area contributed by atoms with E-state index in [1.807, 2.05) is 12.5 Å². The van der Waals surface area contributed by atoms with Crippen LogP contribution in [-0.4, -0.2) is 27.6 Å². The molecule has 0 rings (SSSR count). The van der Waals surface area contributed by atoms with Crippen LogP contribution < -0.4 is 0 Å². The Balaban J connectivity index is 4.09. The first-order valence-electron chi connectivity index (χ1n) is 20.0. The Hall–Kier alpha value is -0.743. The lowest BCUT2D eigenvalue weighted by Gasteiger charge is -2.37. The summed E-state index contributed by atoms with van der Waals surface area (Å²) in [5, 5.41) is 0.191. The molecule has 0 aromatic carbocycles. The van der Waals surface area contributed by atoms with Crippen molar-refractivity contribution in [3.8, 4) is 0 Å². The molecule has 0 aromatic heterocycles. The second-order valence-corrected chi connectivity index (χ2v) is 20.1. The Bertz CT molecular complexity index is 652. The van der Waals surface area contributed by atoms with Crippen LogP contribution in [0.2, 0.25) is 18.1 Å². The normalized spacial score (nSPS) is 13.3. The first-order chi connectivity index (χ1) is 21.7. The molecule has 0 aliphatic heterocycles. The van der Waals surface area contributed by atoms with E-state index in [-0.39, 0.29) is 11.1 Å². The van der Waals surface area contributed by atoms with Gasteiger partial charge in [-0.2, -0.15) is 0 Å². The molecule has 45 heavy (non-hydrogen) atoms. The predicted molar refractivity (Wildman–Crippen MR) is 204 cm³/mol. The average Bonchev–Trinajstić information content (AvgIpc) is 3.00. The molecular formula is C41H82O3Si. The maximum Gasteiger partial charge on any atom is 0.192 e. The average molecular weight is 651 g/mol. The van der Waals surface area contributed by atoms with Gasteiger partial charge in [0, 0.05) is 0 Å². The van der Waals surface area contributed by atoms with Crippen molar-refractivity contribution in [2.75, 3.05) is 13.2 Å². The third-order valence-electron chi connectivity index (χ3n) is 9.73. The van der Waals surface area contributed by atoms with E-state index in [0.29, 0.717) is 13.2 Å². The van der Waals surface area contributed by atoms with Crippen LogP contribution in [0.3, 0.4) is 0 Å². The maximum atomic E-state index is 6.49. The summed E-state index contributed by atoms with van der Waals surface area (Å²) in [6.07, 6.45) is 43.7. The zero-order valence-corrected chi connectivity index (χ0v) is 32.9. The minimum atomic E-state index is -1.83. The highest BCUT2D eigenvalue weighted by molar-refractivity contribution is 6.74. The van der Waals surface area contributed by atoms with Crippen molar-refractivity contribution < 1.29 is 13.9 Å². The fourth-order valence-corrected chi connectivity index (χ4v) is 6.42. The summed E-state index contributed by atoms with van der Waals surface area (Å²) < 4.78 is 18.5. The summed E-state index contributed by atoms with van der Waals surface area (Å²) in [7, 11) is -1.83. The van der Waals surface area contributed by atoms with Crippen LogP contribution in [0.25, 0.3) is 0 Å². The molecule has 0 aliphatic carbocycles. The third kappa shape index (κ3) is 30.3. The molecule has 1 unspecified atom stereocenters. The van der Waals surface area contributed by atoms with Crippen molar-refractivity contribution in [1.29, 1.82) is 0 Å². The first kappa shape index (κ1) is 44.3. The quantitative estimate of drug-likeness (QED) is 0.0394. The summed E-state index contributed by atoms with van der Waals surface area (Å²) in [6.45, 7) is 17.2. The van der Waals surface area contributed by atoms with E-state index in [0.717, 1.165) is 12.8 Å². The van der Waals surface area contributed by atoms with Gasteiger partial charge >= 0.3 is 0 Å². The van der Waals surface area contributed by atoms with Gasteiger partial charge in [-0.05, 0) is 56.0 Å². The molecular weight excluding hydrogens is 569 g/mol. The molecule has 0 saturated carbocycles. The molecule has 0 fully saturated rings. The fraction of sp³-hybridized carbons (Fsp3) is 0.902. The van der Waals surface area contributed by atoms with Crippen molar-refractivity contribution >= 4 is 8.32 Å². The molecule has 0 spiro atoms. The topological polar surface area (TPSA) is 27.7 Å². The molecule has 0 N–H and O–H groups in total. The highest BCUT2D eigenvalue weighted by atomic mass is 28.4. The van der Waals surface area contributed by atoms with Crippen LogP contribution in [-0.2, 0) is 13.9 Å². The van der Waals surface area contributed by atoms with E-state index >= 15 is 0 Å². The van der Waals surface area contributed by atoms with E-state index in [9.17, 15) is 0 Å². The summed E-state index contributed by atoms with van der Waals surface area (Å²) >= 11 is 0. The molecule has 0 radical (unpaired) electrons. The largest absolute Gasteiger partial charge is 0.498 e. The van der Waals surface area contributed by atoms with Crippen LogP contribution in [0.5, 0.6) is 0 Å². The predicted octanol–water partition coefficient (Wildman–Crippen LogP) is 14.6. The van der Waals surface area contributed by atoms with Gasteiger partial charge in [0.05, 0.1) is 19.1 Å². The van der Waals surface area contributed by atoms with Gasteiger partial charge in [-0.15, -0.1) is 0 Å². The third-order valence-corrected chi connectivity index (χ3v) is 14.2. The van der Waals surface area contributed by atoms with Crippen LogP contribution in [0.1, 0.15) is 202 Å². The van der Waals surface area contributed by atoms with Crippen molar-refractivity contribution in [3.63, 3.8) is 0 Å². The van der Waals surface area contributed by atoms with E-state index in [1.165, 1.54) is 154 Å². The number of rotatable bonds is 34. The fourth-order valence-electron chi connectivity index (χ4n) is 5.38. The lowest BCUT2D eigenvalue weighted by Crippen LogP contribution is -2.43. The van der Waals surface area contributed by atoms with Crippen molar-refractivity contribution in [2.24, 2.45) is 0 Å². The molecule has 3 nitrogen and oxygen atoms in total. The van der Waals surface area contributed by atoms with Crippen LogP contribution in [0, 0.1) is 0 Å². The van der Waals surface area contributed by atoms with E-state index < -0.39 is 8.32 Å². The summed E-state index contributed by atoms with van der Waals surface area (Å²) in [6, 6.07) is 0. The Labute approximate surface area is 285 Å². The number of hydrogen-bond donors (Lipinski definition) is 0. The molecule has 0 heterocycles. The first-order valence-corrected chi connectivity index (χ1v) is 22.9. The number of ether oxygens (including phenoxy) is 2. The minimum absolute atomic E-state index is 0.0753. The Morgan fingerprint density at radius 1 is 0.489 bits per heavy atom. The molecule has 0 bridgehead atoms. The van der Waals surface area contributed by atoms with Gasteiger partial charge in [-0.25, -0.2) is 0 Å². The number of allylic oxidation sites excluding steroid dienone is 2. The van der Waals surface area contributed by atoms with Crippen LogP contribution >= 0.6 is 0 Å². The monoisotopic (exact) mass is 651 g/mol. The molecule has 0 saturated heterocycles. The lowest BCUT2D eigenvalue weighted by molar-refractivity contribution is 0.0295. The van der Waals surface area contributed by atoms with Crippen molar-refractivity contribution in [1.82, 2.24) is 0 Å². The van der Waals surface area contributed by atoms with Crippen LogP contribution in [0.4, 0.5) is 0 Å². The second kappa shape index (κ2) is 31.8. The zero-order chi connectivity index (χ0) is 33.3. The Kier molecular flexibility index (Phi) is 31.3. The number of unbranched alkanes of at least 4 members (excludes halogenated alkanes) is 24. The smallest absolute Gasteiger partial charge is 0.192 e. The van der Waals surface area contributed by atoms with E-state index in [2.05, 4.69) is 59.9 Å². The number of hydrogen-bond acceptors (Lipinski definition) is 3. The molecule has 4 heteroatoms. The van der Waals surface area contributed by atoms with E-state index in [1.54, 1.807) is 0 Å². The van der Waals surface area contributed by atoms with Crippen molar-refractivity contribution in [3.05, 3.63) is 24.7 Å². The summed E-state index contributed by atoms with van der Waals surface area (Å²) in [5.74, 6) is 0. The molecule has 1 atom stereocenters. The van der Waals surface area contributed by atoms with Gasteiger partial charge in [0.25, 0.3) is 0 Å². The van der Waals surface area contributed by atoms with Gasteiger partial charge in [0.15, 0.2) is 14.4 Å². The SMILES string of the molecule is CCCCCCCCCCCCCC/C=C\OCC(CO[Si](C)(C)C(C)(C)C)O/C=C\CCCCCCCCCCCCCC. The summed E-state index contributed by atoms with van der Waals surface area (Å²) in [5.41, 5.74) is 0. The van der Waals surface area contributed by atoms with Gasteiger partial charge in [0.2, 0.25) is 0 Å². The molecule has 0 amide bonds. The lowest BCUT2D eigenvalue weighted by atomic mass is 10.0. The van der Waals surface area contributed by atoms with Gasteiger partial charge in [-0.3, -0.25) is 0 Å². The highest BCUT2D eigenvalue weighted by Crippen LogP contribution is 2.36. The Morgan fingerprint density at radius 2 is 0.844 bits per heavy atom. The maximum absolute atomic E-state index is 6.49. The van der Waals surface area contributed by atoms with Gasteiger partial charge in [0.1, 0.15) is 6.61 Å². The Morgan fingerprint density at radius 3 is 1.22 bits per heavy atom. The van der Waals surface area contributed by atoms with Gasteiger partial charge in [-0.1, -0.05) is 176 Å². The zero-order valence-electron chi connectivity index (χ0n) is 31.9. The van der Waals surface area contributed by atoms with Gasteiger partial charge < -0.3 is 13.9 Å². The highest BCUT2D eigenvalue weighted by Gasteiger charge is 2.37. The molecule has 268 valence electrons. The molecule has 0 aliphatic rings. The second-order valence-electron chi connectivity index (χ2n) is 15.3. The van der Waals surface area contributed by atoms with Crippen molar-refractivity contribution in [2.45, 2.75) is 226 Å². The summed E-state index contributed by atoms with van der Waals surface area (Å²) in [4.78, 5) is 0. The minimum Gasteiger partial charge on any atom is -0.498 e. The van der Waals surface area contributed by atoms with E-state index in [4.69, 9.17) is 13.9 Å². The van der Waals surface area contributed by atoms with Crippen LogP contribution in [0.15, 0.2) is 24.7 Å². The standard InChI is InChI=1S/C41H82O3Si/c1-8-10-12-14-16-18-20-22-24-26-28-30-32-34-36-42-38-40(39-44-45(6,7)41(3,4)5)43-37-35-33-31-29-27-25-23-21-19-17-15-13-11-9-2/h34-37,40H,8-33,38-39H2,1-7H3/b36-34-,37-35-.